The molecular formula is C34H39NO6. The molecule has 216 valence electrons. The molecule has 7 nitrogen and oxygen atoms in total. The van der Waals surface area contributed by atoms with E-state index in [2.05, 4.69) is 62.3 Å². The third kappa shape index (κ3) is 5.51. The van der Waals surface area contributed by atoms with Crippen LogP contribution in [-0.2, 0) is 30.3 Å². The van der Waals surface area contributed by atoms with Crippen LogP contribution in [0.15, 0.2) is 86.5 Å². The van der Waals surface area contributed by atoms with Gasteiger partial charge in [0.05, 0.1) is 5.41 Å². The van der Waals surface area contributed by atoms with Crippen LogP contribution in [-0.4, -0.2) is 40.9 Å². The molecule has 1 saturated heterocycles. The van der Waals surface area contributed by atoms with Gasteiger partial charge < -0.3 is 19.9 Å². The van der Waals surface area contributed by atoms with Crippen LogP contribution in [0.5, 0.6) is 0 Å². The molecule has 1 aliphatic carbocycles. The van der Waals surface area contributed by atoms with Gasteiger partial charge in [-0.15, -0.1) is 6.58 Å². The molecular weight excluding hydrogens is 518 g/mol. The average Bonchev–Trinajstić information content (AvgIpc) is 3.61. The molecule has 0 bridgehead atoms. The molecule has 1 heterocycles. The van der Waals surface area contributed by atoms with Gasteiger partial charge in [-0.05, 0) is 72.9 Å². The lowest BCUT2D eigenvalue weighted by Gasteiger charge is -2.33. The van der Waals surface area contributed by atoms with Gasteiger partial charge in [0.25, 0.3) is 5.79 Å². The summed E-state index contributed by atoms with van der Waals surface area (Å²) in [5.74, 6) is -4.19. The molecule has 0 radical (unpaired) electrons. The summed E-state index contributed by atoms with van der Waals surface area (Å²) in [6.07, 6.45) is 5.04. The van der Waals surface area contributed by atoms with E-state index in [-0.39, 0.29) is 5.92 Å². The van der Waals surface area contributed by atoms with Crippen LogP contribution in [0.25, 0.3) is 11.1 Å². The Kier molecular flexibility index (Phi) is 8.41. The highest BCUT2D eigenvalue weighted by Crippen LogP contribution is 2.61. The number of carboxylic acid groups (broad SMARTS) is 1. The standard InChI is InChI=1S/C34H39NO6/c1-7-32(6,8-2)27(29(36)37)35-31(39)34(28-30(38)41-33(9-3,10-4)40-28)21-25(34)18-16-23-17-19-26(22(5)20-23)24-14-12-11-13-15-24/h7,9-15,17,19-20,25,27-28H,1,3-4,8,16,18,21H2,2,5-6H3,(H,35,39)(H,36,37)/t25?,27-,28-,32?,34?/m1/s1. The monoisotopic (exact) mass is 557 g/mol. The minimum absolute atomic E-state index is 0.231. The minimum Gasteiger partial charge on any atom is -0.480 e. The van der Waals surface area contributed by atoms with E-state index >= 15 is 0 Å². The number of carbonyl (C=O) groups excluding carboxylic acids is 2. The first-order valence-corrected chi connectivity index (χ1v) is 14.0. The van der Waals surface area contributed by atoms with Crippen molar-refractivity contribution in [1.82, 2.24) is 5.32 Å². The maximum Gasteiger partial charge on any atom is 0.339 e. The van der Waals surface area contributed by atoms with Gasteiger partial charge in [-0.25, -0.2) is 9.59 Å². The zero-order valence-electron chi connectivity index (χ0n) is 24.0. The number of hydrogen-bond acceptors (Lipinski definition) is 5. The molecule has 4 rings (SSSR count). The summed E-state index contributed by atoms with van der Waals surface area (Å²) in [4.78, 5) is 39.3. The maximum absolute atomic E-state index is 14.0. The first-order valence-electron chi connectivity index (χ1n) is 14.0. The number of ether oxygens (including phenoxy) is 2. The summed E-state index contributed by atoms with van der Waals surface area (Å²) in [7, 11) is 0. The van der Waals surface area contributed by atoms with Gasteiger partial charge >= 0.3 is 11.9 Å². The van der Waals surface area contributed by atoms with Crippen LogP contribution < -0.4 is 5.32 Å². The van der Waals surface area contributed by atoms with Gasteiger partial charge in [-0.3, -0.25) is 4.79 Å². The predicted molar refractivity (Wildman–Crippen MR) is 158 cm³/mol. The molecule has 7 heteroatoms. The lowest BCUT2D eigenvalue weighted by atomic mass is 9.79. The summed E-state index contributed by atoms with van der Waals surface area (Å²) in [5.41, 5.74) is 2.37. The maximum atomic E-state index is 14.0. The Hall–Kier alpha value is -3.97. The first kappa shape index (κ1) is 30.0. The second-order valence-electron chi connectivity index (χ2n) is 11.4. The van der Waals surface area contributed by atoms with Crippen molar-refractivity contribution < 1.29 is 29.0 Å². The first-order chi connectivity index (χ1) is 19.5. The van der Waals surface area contributed by atoms with E-state index in [0.29, 0.717) is 25.7 Å². The van der Waals surface area contributed by atoms with Gasteiger partial charge in [0.15, 0.2) is 6.10 Å². The van der Waals surface area contributed by atoms with Crippen LogP contribution in [0.4, 0.5) is 0 Å². The molecule has 2 aromatic rings. The van der Waals surface area contributed by atoms with Crippen molar-refractivity contribution >= 4 is 17.8 Å². The fraction of sp³-hybridized carbons (Fsp3) is 0.382. The number of amides is 1. The second kappa shape index (κ2) is 11.5. The number of carbonyl (C=O) groups is 3. The van der Waals surface area contributed by atoms with Gasteiger partial charge in [-0.2, -0.15) is 0 Å². The Morgan fingerprint density at radius 3 is 2.39 bits per heavy atom. The number of rotatable bonds is 13. The fourth-order valence-electron chi connectivity index (χ4n) is 5.88. The van der Waals surface area contributed by atoms with E-state index in [0.717, 1.165) is 22.3 Å². The Morgan fingerprint density at radius 2 is 1.85 bits per heavy atom. The van der Waals surface area contributed by atoms with Crippen LogP contribution in [0, 0.1) is 23.7 Å². The smallest absolute Gasteiger partial charge is 0.339 e. The van der Waals surface area contributed by atoms with Gasteiger partial charge in [0.2, 0.25) is 5.91 Å². The Labute approximate surface area is 241 Å². The second-order valence-corrected chi connectivity index (χ2v) is 11.4. The highest BCUT2D eigenvalue weighted by Gasteiger charge is 2.70. The van der Waals surface area contributed by atoms with Crippen molar-refractivity contribution in [2.45, 2.75) is 64.4 Å². The number of hydrogen-bond donors (Lipinski definition) is 2. The molecule has 2 fully saturated rings. The van der Waals surface area contributed by atoms with Gasteiger partial charge in [-0.1, -0.05) is 81.6 Å². The average molecular weight is 558 g/mol. The van der Waals surface area contributed by atoms with Crippen molar-refractivity contribution in [3.05, 3.63) is 97.6 Å². The zero-order valence-corrected chi connectivity index (χ0v) is 24.0. The molecule has 2 N–H and O–H groups in total. The number of cyclic esters (lactones) is 1. The van der Waals surface area contributed by atoms with E-state index < -0.39 is 46.6 Å². The summed E-state index contributed by atoms with van der Waals surface area (Å²) in [5, 5.41) is 12.8. The van der Waals surface area contributed by atoms with Crippen LogP contribution in [0.3, 0.4) is 0 Å². The van der Waals surface area contributed by atoms with Gasteiger partial charge in [0.1, 0.15) is 6.04 Å². The third-order valence-electron chi connectivity index (χ3n) is 8.96. The van der Waals surface area contributed by atoms with Gasteiger partial charge in [0, 0.05) is 5.41 Å². The largest absolute Gasteiger partial charge is 0.480 e. The van der Waals surface area contributed by atoms with Crippen molar-refractivity contribution in [1.29, 1.82) is 0 Å². The molecule has 3 unspecified atom stereocenters. The summed E-state index contributed by atoms with van der Waals surface area (Å²) in [6.45, 7) is 16.8. The number of carboxylic acids is 1. The minimum atomic E-state index is -1.54. The molecule has 0 spiro atoms. The molecule has 1 amide bonds. The van der Waals surface area contributed by atoms with E-state index in [1.54, 1.807) is 13.0 Å². The molecule has 1 aliphatic heterocycles. The van der Waals surface area contributed by atoms with Crippen LogP contribution in [0.2, 0.25) is 0 Å². The Bertz CT molecular complexity index is 1360. The molecule has 2 aliphatic rings. The number of nitrogens with one attached hydrogen (secondary N) is 1. The van der Waals surface area contributed by atoms with Crippen molar-refractivity contribution in [2.75, 3.05) is 0 Å². The van der Waals surface area contributed by atoms with Crippen molar-refractivity contribution in [3.8, 4) is 11.1 Å². The molecule has 1 saturated carbocycles. The SMILES string of the molecule is C=CC1(C=C)OC(=O)[C@H](C2(C(=O)N[C@H](C(=O)O)C(C)(C=C)CC)CC2CCc2ccc(-c3ccccc3)c(C)c2)O1. The van der Waals surface area contributed by atoms with Crippen molar-refractivity contribution in [3.63, 3.8) is 0 Å². The highest BCUT2D eigenvalue weighted by atomic mass is 16.8. The zero-order chi connectivity index (χ0) is 30.0. The lowest BCUT2D eigenvalue weighted by molar-refractivity contribution is -0.149. The number of aliphatic carboxylic acids is 1. The van der Waals surface area contributed by atoms with E-state index in [1.807, 2.05) is 25.1 Å². The molecule has 5 atom stereocenters. The normalized spacial score (nSPS) is 24.8. The molecule has 41 heavy (non-hydrogen) atoms. The number of aryl methyl sites for hydroxylation is 2. The quantitative estimate of drug-likeness (QED) is 0.239. The van der Waals surface area contributed by atoms with E-state index in [4.69, 9.17) is 9.47 Å². The van der Waals surface area contributed by atoms with E-state index in [1.165, 1.54) is 12.2 Å². The molecule has 0 aromatic heterocycles. The topological polar surface area (TPSA) is 102 Å². The molecule has 2 aromatic carbocycles. The lowest BCUT2D eigenvalue weighted by Crippen LogP contribution is -2.55. The summed E-state index contributed by atoms with van der Waals surface area (Å²) < 4.78 is 11.5. The van der Waals surface area contributed by atoms with Crippen molar-refractivity contribution in [2.24, 2.45) is 16.7 Å². The summed E-state index contributed by atoms with van der Waals surface area (Å²) in [6, 6.07) is 15.3. The predicted octanol–water partition coefficient (Wildman–Crippen LogP) is 5.78. The van der Waals surface area contributed by atoms with Crippen LogP contribution >= 0.6 is 0 Å². The third-order valence-corrected chi connectivity index (χ3v) is 8.96. The fourth-order valence-corrected chi connectivity index (χ4v) is 5.88. The summed E-state index contributed by atoms with van der Waals surface area (Å²) >= 11 is 0. The Balaban J connectivity index is 1.59. The highest BCUT2D eigenvalue weighted by molar-refractivity contribution is 5.96. The van der Waals surface area contributed by atoms with Crippen LogP contribution in [0.1, 0.15) is 44.2 Å². The Morgan fingerprint density at radius 1 is 1.17 bits per heavy atom. The number of benzene rings is 2. The number of esters is 1. The van der Waals surface area contributed by atoms with E-state index in [9.17, 15) is 19.5 Å².